The van der Waals surface area contributed by atoms with Crippen molar-refractivity contribution in [1.82, 2.24) is 0 Å². The molecule has 0 spiro atoms. The third kappa shape index (κ3) is 4.51. The number of benzene rings is 1. The summed E-state index contributed by atoms with van der Waals surface area (Å²) in [5, 5.41) is 0. The molecule has 0 aliphatic rings. The second-order valence-electron chi connectivity index (χ2n) is 4.24. The number of esters is 1. The number of carbonyl (C=O) groups excluding carboxylic acids is 1. The van der Waals surface area contributed by atoms with Crippen LogP contribution in [-0.2, 0) is 9.53 Å². The lowest BCUT2D eigenvalue weighted by molar-refractivity contribution is -0.151. The van der Waals surface area contributed by atoms with E-state index in [0.29, 0.717) is 18.8 Å². The molecule has 0 aliphatic heterocycles. The van der Waals surface area contributed by atoms with Crippen LogP contribution < -0.4 is 10.5 Å². The fourth-order valence-corrected chi connectivity index (χ4v) is 2.01. The van der Waals surface area contributed by atoms with E-state index < -0.39 is 6.10 Å². The largest absolute Gasteiger partial charge is 0.478 e. The Balaban J connectivity index is 2.95. The number of ether oxygens (including phenoxy) is 2. The zero-order chi connectivity index (χ0) is 14.4. The van der Waals surface area contributed by atoms with E-state index in [-0.39, 0.29) is 12.0 Å². The van der Waals surface area contributed by atoms with Gasteiger partial charge in [0.05, 0.1) is 6.61 Å². The summed E-state index contributed by atoms with van der Waals surface area (Å²) in [6.07, 6.45) is -0.0595. The molecule has 0 aromatic heterocycles. The van der Waals surface area contributed by atoms with Crippen molar-refractivity contribution in [2.45, 2.75) is 39.3 Å². The van der Waals surface area contributed by atoms with E-state index in [1.165, 1.54) is 0 Å². The number of halogens is 1. The highest BCUT2D eigenvalue weighted by atomic mass is 79.9. The molecule has 2 atom stereocenters. The summed E-state index contributed by atoms with van der Waals surface area (Å²) >= 11 is 3.39. The third-order valence-electron chi connectivity index (χ3n) is 2.66. The van der Waals surface area contributed by atoms with Crippen molar-refractivity contribution in [3.05, 3.63) is 28.2 Å². The number of hydrogen-bond acceptors (Lipinski definition) is 4. The second-order valence-corrected chi connectivity index (χ2v) is 5.15. The van der Waals surface area contributed by atoms with Gasteiger partial charge in [-0.05, 0) is 32.4 Å². The smallest absolute Gasteiger partial charge is 0.347 e. The number of nitrogens with two attached hydrogens (primary N) is 1. The molecular weight excluding hydrogens is 310 g/mol. The first-order chi connectivity index (χ1) is 8.99. The fraction of sp³-hybridized carbons (Fsp3) is 0.500. The quantitative estimate of drug-likeness (QED) is 0.814. The summed E-state index contributed by atoms with van der Waals surface area (Å²) in [5.41, 5.74) is 6.77. The standard InChI is InChI=1S/C14H20BrNO3/c1-4-12(14(17)18-5-2)19-13-8-10(15)6-7-11(13)9(3)16/h6-9,12H,4-5,16H2,1-3H3/t9-,12?/m0/s1. The van der Waals surface area contributed by atoms with E-state index in [0.717, 1.165) is 10.0 Å². The summed E-state index contributed by atoms with van der Waals surface area (Å²) in [5.74, 6) is 0.268. The molecule has 1 rings (SSSR count). The van der Waals surface area contributed by atoms with Crippen LogP contribution in [0.1, 0.15) is 38.8 Å². The molecule has 19 heavy (non-hydrogen) atoms. The van der Waals surface area contributed by atoms with Crippen LogP contribution in [0.4, 0.5) is 0 Å². The first kappa shape index (κ1) is 16.0. The zero-order valence-electron chi connectivity index (χ0n) is 11.5. The van der Waals surface area contributed by atoms with Gasteiger partial charge in [0, 0.05) is 16.1 Å². The average Bonchev–Trinajstić information content (AvgIpc) is 2.35. The van der Waals surface area contributed by atoms with Crippen molar-refractivity contribution >= 4 is 21.9 Å². The van der Waals surface area contributed by atoms with Crippen LogP contribution in [0.5, 0.6) is 5.75 Å². The van der Waals surface area contributed by atoms with Gasteiger partial charge in [-0.1, -0.05) is 28.9 Å². The van der Waals surface area contributed by atoms with Gasteiger partial charge in [0.15, 0.2) is 6.10 Å². The predicted molar refractivity (Wildman–Crippen MR) is 78.1 cm³/mol. The molecule has 0 saturated carbocycles. The van der Waals surface area contributed by atoms with Crippen LogP contribution in [0, 0.1) is 0 Å². The molecule has 1 aromatic carbocycles. The van der Waals surface area contributed by atoms with Crippen LogP contribution >= 0.6 is 15.9 Å². The molecule has 1 aromatic rings. The summed E-state index contributed by atoms with van der Waals surface area (Å²) < 4.78 is 11.6. The fourth-order valence-electron chi connectivity index (χ4n) is 1.67. The zero-order valence-corrected chi connectivity index (χ0v) is 13.1. The van der Waals surface area contributed by atoms with Gasteiger partial charge in [-0.2, -0.15) is 0 Å². The molecule has 0 fully saturated rings. The summed E-state index contributed by atoms with van der Waals surface area (Å²) in [7, 11) is 0. The maximum atomic E-state index is 11.8. The molecule has 5 heteroatoms. The van der Waals surface area contributed by atoms with Crippen LogP contribution in [0.25, 0.3) is 0 Å². The lowest BCUT2D eigenvalue weighted by Crippen LogP contribution is -2.29. The van der Waals surface area contributed by atoms with Gasteiger partial charge in [0.2, 0.25) is 0 Å². The monoisotopic (exact) mass is 329 g/mol. The molecule has 0 heterocycles. The Labute approximate surface area is 122 Å². The Kier molecular flexibility index (Phi) is 6.31. The molecule has 0 aliphatic carbocycles. The van der Waals surface area contributed by atoms with Gasteiger partial charge in [0.1, 0.15) is 5.75 Å². The molecule has 4 nitrogen and oxygen atoms in total. The summed E-state index contributed by atoms with van der Waals surface area (Å²) in [4.78, 5) is 11.8. The number of rotatable bonds is 6. The van der Waals surface area contributed by atoms with Crippen molar-refractivity contribution in [3.8, 4) is 5.75 Å². The van der Waals surface area contributed by atoms with Gasteiger partial charge in [-0.25, -0.2) is 4.79 Å². The molecule has 0 saturated heterocycles. The molecule has 2 N–H and O–H groups in total. The predicted octanol–water partition coefficient (Wildman–Crippen LogP) is 3.19. The second kappa shape index (κ2) is 7.50. The SMILES string of the molecule is CCOC(=O)C(CC)Oc1cc(Br)ccc1[C@H](C)N. The Bertz CT molecular complexity index is 435. The Morgan fingerprint density at radius 3 is 2.63 bits per heavy atom. The van der Waals surface area contributed by atoms with Crippen molar-refractivity contribution < 1.29 is 14.3 Å². The van der Waals surface area contributed by atoms with E-state index in [9.17, 15) is 4.79 Å². The maximum absolute atomic E-state index is 11.8. The van der Waals surface area contributed by atoms with E-state index in [2.05, 4.69) is 15.9 Å². The molecule has 0 radical (unpaired) electrons. The van der Waals surface area contributed by atoms with Crippen LogP contribution in [0.15, 0.2) is 22.7 Å². The van der Waals surface area contributed by atoms with Crippen LogP contribution in [-0.4, -0.2) is 18.7 Å². The van der Waals surface area contributed by atoms with Crippen LogP contribution in [0.2, 0.25) is 0 Å². The van der Waals surface area contributed by atoms with Gasteiger partial charge in [-0.3, -0.25) is 0 Å². The van der Waals surface area contributed by atoms with Gasteiger partial charge >= 0.3 is 5.97 Å². The summed E-state index contributed by atoms with van der Waals surface area (Å²) in [6.45, 7) is 5.88. The third-order valence-corrected chi connectivity index (χ3v) is 3.15. The van der Waals surface area contributed by atoms with Gasteiger partial charge in [0.25, 0.3) is 0 Å². The van der Waals surface area contributed by atoms with Gasteiger partial charge < -0.3 is 15.2 Å². The molecule has 1 unspecified atom stereocenters. The lowest BCUT2D eigenvalue weighted by atomic mass is 10.1. The van der Waals surface area contributed by atoms with E-state index >= 15 is 0 Å². The molecule has 106 valence electrons. The minimum atomic E-state index is -0.605. The van der Waals surface area contributed by atoms with Crippen molar-refractivity contribution in [3.63, 3.8) is 0 Å². The highest BCUT2D eigenvalue weighted by Gasteiger charge is 2.21. The first-order valence-electron chi connectivity index (χ1n) is 6.37. The minimum Gasteiger partial charge on any atom is -0.478 e. The molecule has 0 amide bonds. The lowest BCUT2D eigenvalue weighted by Gasteiger charge is -2.20. The van der Waals surface area contributed by atoms with Crippen molar-refractivity contribution in [2.24, 2.45) is 5.73 Å². The topological polar surface area (TPSA) is 61.5 Å². The summed E-state index contributed by atoms with van der Waals surface area (Å²) in [6, 6.07) is 5.45. The van der Waals surface area contributed by atoms with Crippen molar-refractivity contribution in [2.75, 3.05) is 6.61 Å². The maximum Gasteiger partial charge on any atom is 0.347 e. The van der Waals surface area contributed by atoms with Crippen LogP contribution in [0.3, 0.4) is 0 Å². The Hall–Kier alpha value is -1.07. The highest BCUT2D eigenvalue weighted by molar-refractivity contribution is 9.10. The van der Waals surface area contributed by atoms with Crippen molar-refractivity contribution in [1.29, 1.82) is 0 Å². The van der Waals surface area contributed by atoms with E-state index in [4.69, 9.17) is 15.2 Å². The highest BCUT2D eigenvalue weighted by Crippen LogP contribution is 2.29. The number of carbonyl (C=O) groups is 1. The Morgan fingerprint density at radius 2 is 2.11 bits per heavy atom. The minimum absolute atomic E-state index is 0.164. The number of hydrogen-bond donors (Lipinski definition) is 1. The normalized spacial score (nSPS) is 13.7. The van der Waals surface area contributed by atoms with E-state index in [1.54, 1.807) is 6.92 Å². The average molecular weight is 330 g/mol. The molecular formula is C14H20BrNO3. The molecule has 0 bridgehead atoms. The first-order valence-corrected chi connectivity index (χ1v) is 7.17. The van der Waals surface area contributed by atoms with Gasteiger partial charge in [-0.15, -0.1) is 0 Å². The Morgan fingerprint density at radius 1 is 1.42 bits per heavy atom. The van der Waals surface area contributed by atoms with E-state index in [1.807, 2.05) is 32.0 Å².